The number of nitrogens with zero attached hydrogens (tertiary/aromatic N) is 5. The summed E-state index contributed by atoms with van der Waals surface area (Å²) in [4.78, 5) is 14.9. The third-order valence-corrected chi connectivity index (χ3v) is 7.56. The van der Waals surface area contributed by atoms with Gasteiger partial charge in [-0.1, -0.05) is 6.92 Å². The molecule has 0 N–H and O–H groups in total. The number of aryl methyl sites for hydroxylation is 2. The number of fused-ring (bicyclic) bond motifs is 1. The van der Waals surface area contributed by atoms with E-state index in [-0.39, 0.29) is 10.5 Å². The fourth-order valence-electron chi connectivity index (χ4n) is 3.91. The zero-order valence-corrected chi connectivity index (χ0v) is 18.8. The summed E-state index contributed by atoms with van der Waals surface area (Å²) in [5.41, 5.74) is 1.08. The van der Waals surface area contributed by atoms with Gasteiger partial charge in [0.2, 0.25) is 10.0 Å². The van der Waals surface area contributed by atoms with Crippen LogP contribution in [0.2, 0.25) is 0 Å². The summed E-state index contributed by atoms with van der Waals surface area (Å²) in [7, 11) is -2.09. The highest BCUT2D eigenvalue weighted by atomic mass is 32.2. The molecule has 0 saturated carbocycles. The van der Waals surface area contributed by atoms with E-state index in [1.54, 1.807) is 11.5 Å². The lowest BCUT2D eigenvalue weighted by molar-refractivity contribution is 0.384. The van der Waals surface area contributed by atoms with E-state index in [0.29, 0.717) is 50.5 Å². The lowest BCUT2D eigenvalue weighted by Gasteiger charge is -2.35. The van der Waals surface area contributed by atoms with Gasteiger partial charge in [0.1, 0.15) is 22.0 Å². The number of sulfonamides is 1. The monoisotopic (exact) mass is 445 g/mol. The van der Waals surface area contributed by atoms with E-state index in [0.717, 1.165) is 11.4 Å². The van der Waals surface area contributed by atoms with Crippen LogP contribution in [0, 0.1) is 0 Å². The minimum atomic E-state index is -3.71. The Morgan fingerprint density at radius 2 is 1.74 bits per heavy atom. The van der Waals surface area contributed by atoms with Gasteiger partial charge in [-0.15, -0.1) is 0 Å². The van der Waals surface area contributed by atoms with Crippen LogP contribution in [0.15, 0.2) is 46.2 Å². The first-order valence-electron chi connectivity index (χ1n) is 10.4. The molecule has 1 saturated heterocycles. The predicted octanol–water partition coefficient (Wildman–Crippen LogP) is 1.60. The van der Waals surface area contributed by atoms with Crippen molar-refractivity contribution in [2.45, 2.75) is 31.7 Å². The molecule has 166 valence electrons. The third kappa shape index (κ3) is 3.81. The molecule has 3 aromatic rings. The minimum Gasteiger partial charge on any atom is -0.497 e. The highest BCUT2D eigenvalue weighted by Crippen LogP contribution is 2.24. The number of ether oxygens (including phenoxy) is 1. The number of hydrogen-bond donors (Lipinski definition) is 0. The minimum absolute atomic E-state index is 0.132. The maximum absolute atomic E-state index is 13.3. The fraction of sp³-hybridized carbons (Fsp3) is 0.429. The SMILES string of the molecule is CCc1nn(CC)c(=O)c2cc(S(=O)(=O)N3CCN(c4ccc(OC)cc4)CC3)cn12. The van der Waals surface area contributed by atoms with Crippen molar-refractivity contribution in [1.82, 2.24) is 18.5 Å². The standard InChI is InChI=1S/C21H27N5O4S/c1-4-20-22-26(5-2)21(27)19-14-18(15-25(19)20)31(28,29)24-12-10-23(11-13-24)16-6-8-17(30-3)9-7-16/h6-9,14-15H,4-5,10-13H2,1-3H3. The average Bonchev–Trinajstić information content (AvgIpc) is 3.27. The van der Waals surface area contributed by atoms with Crippen LogP contribution in [-0.4, -0.2) is 60.2 Å². The molecule has 10 heteroatoms. The molecular weight excluding hydrogens is 418 g/mol. The lowest BCUT2D eigenvalue weighted by Crippen LogP contribution is -2.48. The Balaban J connectivity index is 1.58. The van der Waals surface area contributed by atoms with E-state index >= 15 is 0 Å². The molecule has 0 unspecified atom stereocenters. The van der Waals surface area contributed by atoms with E-state index in [2.05, 4.69) is 10.00 Å². The van der Waals surface area contributed by atoms with Gasteiger partial charge in [-0.3, -0.25) is 9.20 Å². The number of aromatic nitrogens is 3. The number of benzene rings is 1. The summed E-state index contributed by atoms with van der Waals surface area (Å²) >= 11 is 0. The molecule has 2 aromatic heterocycles. The summed E-state index contributed by atoms with van der Waals surface area (Å²) in [6.07, 6.45) is 2.11. The van der Waals surface area contributed by atoms with Crippen LogP contribution in [0.1, 0.15) is 19.7 Å². The van der Waals surface area contributed by atoms with E-state index in [9.17, 15) is 13.2 Å². The molecule has 0 radical (unpaired) electrons. The van der Waals surface area contributed by atoms with Gasteiger partial charge in [-0.2, -0.15) is 9.40 Å². The Bertz CT molecular complexity index is 1240. The lowest BCUT2D eigenvalue weighted by atomic mass is 10.2. The van der Waals surface area contributed by atoms with Crippen LogP contribution in [0.4, 0.5) is 5.69 Å². The Morgan fingerprint density at radius 1 is 1.06 bits per heavy atom. The summed E-state index contributed by atoms with van der Waals surface area (Å²) in [6, 6.07) is 9.21. The van der Waals surface area contributed by atoms with Crippen molar-refractivity contribution in [3.63, 3.8) is 0 Å². The Morgan fingerprint density at radius 3 is 2.32 bits per heavy atom. The van der Waals surface area contributed by atoms with E-state index < -0.39 is 10.0 Å². The molecule has 31 heavy (non-hydrogen) atoms. The molecule has 1 aromatic carbocycles. The fourth-order valence-corrected chi connectivity index (χ4v) is 5.35. The first-order valence-corrected chi connectivity index (χ1v) is 11.8. The highest BCUT2D eigenvalue weighted by Gasteiger charge is 2.30. The summed E-state index contributed by atoms with van der Waals surface area (Å²) in [5.74, 6) is 1.44. The number of anilines is 1. The second-order valence-corrected chi connectivity index (χ2v) is 9.35. The van der Waals surface area contributed by atoms with Gasteiger partial charge in [0.05, 0.1) is 7.11 Å². The normalized spacial score (nSPS) is 15.5. The molecule has 1 aliphatic rings. The highest BCUT2D eigenvalue weighted by molar-refractivity contribution is 7.89. The number of hydrogen-bond acceptors (Lipinski definition) is 6. The van der Waals surface area contributed by atoms with Crippen molar-refractivity contribution >= 4 is 21.2 Å². The molecule has 0 aliphatic carbocycles. The molecule has 0 bridgehead atoms. The van der Waals surface area contributed by atoms with E-state index in [1.165, 1.54) is 21.3 Å². The van der Waals surface area contributed by atoms with Crippen molar-refractivity contribution < 1.29 is 13.2 Å². The van der Waals surface area contributed by atoms with Gasteiger partial charge in [-0.25, -0.2) is 13.1 Å². The average molecular weight is 446 g/mol. The van der Waals surface area contributed by atoms with Crippen molar-refractivity contribution in [1.29, 1.82) is 0 Å². The number of rotatable bonds is 6. The molecule has 4 rings (SSSR count). The molecule has 0 atom stereocenters. The second kappa shape index (κ2) is 8.35. The van der Waals surface area contributed by atoms with Gasteiger partial charge in [0, 0.05) is 51.0 Å². The van der Waals surface area contributed by atoms with Crippen LogP contribution in [0.3, 0.4) is 0 Å². The van der Waals surface area contributed by atoms with E-state index in [4.69, 9.17) is 4.74 Å². The van der Waals surface area contributed by atoms with Crippen molar-refractivity contribution in [2.24, 2.45) is 0 Å². The maximum atomic E-state index is 13.3. The molecular formula is C21H27N5O4S. The first-order chi connectivity index (χ1) is 14.9. The largest absolute Gasteiger partial charge is 0.497 e. The van der Waals surface area contributed by atoms with Crippen LogP contribution in [0.5, 0.6) is 5.75 Å². The summed E-state index contributed by atoms with van der Waals surface area (Å²) in [5, 5.41) is 4.34. The predicted molar refractivity (Wildman–Crippen MR) is 118 cm³/mol. The molecule has 0 spiro atoms. The van der Waals surface area contributed by atoms with Crippen molar-refractivity contribution in [3.8, 4) is 5.75 Å². The zero-order chi connectivity index (χ0) is 22.2. The van der Waals surface area contributed by atoms with Crippen LogP contribution >= 0.6 is 0 Å². The smallest absolute Gasteiger partial charge is 0.291 e. The van der Waals surface area contributed by atoms with Crippen molar-refractivity contribution in [3.05, 3.63) is 52.7 Å². The Labute approximate surface area is 181 Å². The molecule has 0 amide bonds. The molecule has 1 aliphatic heterocycles. The third-order valence-electron chi connectivity index (χ3n) is 5.69. The summed E-state index contributed by atoms with van der Waals surface area (Å²) in [6.45, 7) is 6.12. The van der Waals surface area contributed by atoms with Gasteiger partial charge in [0.15, 0.2) is 0 Å². The van der Waals surface area contributed by atoms with Crippen LogP contribution in [-0.2, 0) is 23.0 Å². The molecule has 3 heterocycles. The first kappa shape index (κ1) is 21.4. The Kier molecular flexibility index (Phi) is 5.76. The van der Waals surface area contributed by atoms with Crippen LogP contribution in [0.25, 0.3) is 5.52 Å². The van der Waals surface area contributed by atoms with Crippen LogP contribution < -0.4 is 15.2 Å². The van der Waals surface area contributed by atoms with E-state index in [1.807, 2.05) is 38.1 Å². The molecule has 1 fully saturated rings. The van der Waals surface area contributed by atoms with Gasteiger partial charge in [0.25, 0.3) is 5.56 Å². The molecule has 9 nitrogen and oxygen atoms in total. The van der Waals surface area contributed by atoms with Crippen molar-refractivity contribution in [2.75, 3.05) is 38.2 Å². The quantitative estimate of drug-likeness (QED) is 0.573. The summed E-state index contributed by atoms with van der Waals surface area (Å²) < 4.78 is 36.3. The number of piperazine rings is 1. The topological polar surface area (TPSA) is 89.1 Å². The van der Waals surface area contributed by atoms with Gasteiger partial charge in [-0.05, 0) is 37.3 Å². The van der Waals surface area contributed by atoms with Gasteiger partial charge < -0.3 is 9.64 Å². The maximum Gasteiger partial charge on any atom is 0.291 e. The Hall–Kier alpha value is -2.85. The number of methoxy groups -OCH3 is 1. The zero-order valence-electron chi connectivity index (χ0n) is 18.0. The van der Waals surface area contributed by atoms with Gasteiger partial charge >= 0.3 is 0 Å². The second-order valence-electron chi connectivity index (χ2n) is 7.41.